The van der Waals surface area contributed by atoms with E-state index in [1.807, 2.05) is 30.3 Å². The second-order valence-corrected chi connectivity index (χ2v) is 6.44. The topological polar surface area (TPSA) is 91.1 Å². The smallest absolute Gasteiger partial charge is 0.261 e. The number of amides is 2. The molecule has 0 aliphatic heterocycles. The van der Waals surface area contributed by atoms with Crippen LogP contribution in [0.25, 0.3) is 11.3 Å². The second kappa shape index (κ2) is 9.01. The van der Waals surface area contributed by atoms with Gasteiger partial charge in [0, 0.05) is 29.4 Å². The molecule has 0 aliphatic carbocycles. The first-order chi connectivity index (χ1) is 13.5. The number of hydrogen-bond donors (Lipinski definition) is 3. The Morgan fingerprint density at radius 1 is 0.821 bits per heavy atom. The van der Waals surface area contributed by atoms with E-state index < -0.39 is 11.5 Å². The van der Waals surface area contributed by atoms with Crippen LogP contribution in [0.2, 0.25) is 5.02 Å². The number of aromatic amines is 1. The number of hydrogen-bond acceptors (Lipinski definition) is 3. The Labute approximate surface area is 166 Å². The molecule has 2 aromatic carbocycles. The van der Waals surface area contributed by atoms with Gasteiger partial charge in [0.1, 0.15) is 5.56 Å². The fraction of sp³-hybridized carbons (Fsp3) is 0.0952. The Bertz CT molecular complexity index is 1030. The summed E-state index contributed by atoms with van der Waals surface area (Å²) in [4.78, 5) is 39.1. The lowest BCUT2D eigenvalue weighted by Crippen LogP contribution is -2.36. The third kappa shape index (κ3) is 4.86. The van der Waals surface area contributed by atoms with Crippen molar-refractivity contribution < 1.29 is 9.59 Å². The monoisotopic (exact) mass is 395 g/mol. The van der Waals surface area contributed by atoms with Crippen LogP contribution in [-0.4, -0.2) is 29.9 Å². The van der Waals surface area contributed by atoms with Gasteiger partial charge in [-0.1, -0.05) is 41.9 Å². The molecule has 0 saturated carbocycles. The van der Waals surface area contributed by atoms with Crippen molar-refractivity contribution in [3.63, 3.8) is 0 Å². The molecule has 6 nitrogen and oxygen atoms in total. The highest BCUT2D eigenvalue weighted by atomic mass is 35.5. The molecule has 7 heteroatoms. The summed E-state index contributed by atoms with van der Waals surface area (Å²) in [5, 5.41) is 5.86. The van der Waals surface area contributed by atoms with Gasteiger partial charge in [0.2, 0.25) is 0 Å². The number of rotatable bonds is 6. The number of pyridine rings is 1. The summed E-state index contributed by atoms with van der Waals surface area (Å²) < 4.78 is 0. The van der Waals surface area contributed by atoms with Crippen molar-refractivity contribution >= 4 is 23.4 Å². The molecule has 0 spiro atoms. The minimum atomic E-state index is -0.499. The first kappa shape index (κ1) is 19.4. The number of aromatic nitrogens is 1. The van der Waals surface area contributed by atoms with E-state index in [0.717, 1.165) is 5.56 Å². The minimum Gasteiger partial charge on any atom is -0.350 e. The highest BCUT2D eigenvalue weighted by Gasteiger charge is 2.11. The summed E-state index contributed by atoms with van der Waals surface area (Å²) in [5.74, 6) is -0.766. The van der Waals surface area contributed by atoms with Gasteiger partial charge in [0.25, 0.3) is 17.4 Å². The van der Waals surface area contributed by atoms with Crippen LogP contribution in [0.15, 0.2) is 71.5 Å². The van der Waals surface area contributed by atoms with Crippen LogP contribution in [0.5, 0.6) is 0 Å². The fourth-order valence-corrected chi connectivity index (χ4v) is 2.72. The fourth-order valence-electron chi connectivity index (χ4n) is 2.59. The number of nitrogens with one attached hydrogen (secondary N) is 3. The van der Waals surface area contributed by atoms with Crippen molar-refractivity contribution in [2.24, 2.45) is 0 Å². The van der Waals surface area contributed by atoms with Crippen LogP contribution in [0.4, 0.5) is 0 Å². The molecule has 0 bridgehead atoms. The summed E-state index contributed by atoms with van der Waals surface area (Å²) in [5.41, 5.74) is 1.52. The normalized spacial score (nSPS) is 10.3. The molecule has 142 valence electrons. The van der Waals surface area contributed by atoms with E-state index in [2.05, 4.69) is 15.6 Å². The first-order valence-corrected chi connectivity index (χ1v) is 9.03. The van der Waals surface area contributed by atoms with E-state index in [1.165, 1.54) is 6.07 Å². The Morgan fingerprint density at radius 3 is 2.11 bits per heavy atom. The van der Waals surface area contributed by atoms with Gasteiger partial charge in [-0.05, 0) is 42.0 Å². The Morgan fingerprint density at radius 2 is 1.46 bits per heavy atom. The van der Waals surface area contributed by atoms with Gasteiger partial charge in [0.05, 0.1) is 0 Å². The predicted molar refractivity (Wildman–Crippen MR) is 109 cm³/mol. The zero-order valence-corrected chi connectivity index (χ0v) is 15.6. The highest BCUT2D eigenvalue weighted by Crippen LogP contribution is 2.14. The van der Waals surface area contributed by atoms with Crippen LogP contribution < -0.4 is 16.2 Å². The Kier molecular flexibility index (Phi) is 6.24. The summed E-state index contributed by atoms with van der Waals surface area (Å²) in [6.07, 6.45) is 0. The van der Waals surface area contributed by atoms with Crippen molar-refractivity contribution in [2.75, 3.05) is 13.1 Å². The number of halogens is 1. The SMILES string of the molecule is O=C(NCCNC(=O)c1ccc(-c2ccccc2)[nH]c1=O)c1ccc(Cl)cc1. The standard InChI is InChI=1S/C21H18ClN3O3/c22-16-8-6-15(7-9-16)19(26)23-12-13-24-20(27)17-10-11-18(25-21(17)28)14-4-2-1-3-5-14/h1-11H,12-13H2,(H,23,26)(H,24,27)(H,25,28). The maximum absolute atomic E-state index is 12.2. The van der Waals surface area contributed by atoms with Gasteiger partial charge in [-0.15, -0.1) is 0 Å². The molecule has 2 amide bonds. The lowest BCUT2D eigenvalue weighted by Gasteiger charge is -2.08. The molecule has 0 radical (unpaired) electrons. The molecule has 1 aromatic heterocycles. The largest absolute Gasteiger partial charge is 0.350 e. The van der Waals surface area contributed by atoms with E-state index in [9.17, 15) is 14.4 Å². The summed E-state index contributed by atoms with van der Waals surface area (Å²) >= 11 is 5.79. The zero-order chi connectivity index (χ0) is 19.9. The molecule has 0 aliphatic rings. The van der Waals surface area contributed by atoms with Crippen LogP contribution in [0.3, 0.4) is 0 Å². The highest BCUT2D eigenvalue weighted by molar-refractivity contribution is 6.30. The van der Waals surface area contributed by atoms with Crippen LogP contribution >= 0.6 is 11.6 Å². The number of carbonyl (C=O) groups is 2. The Balaban J connectivity index is 1.53. The quantitative estimate of drug-likeness (QED) is 0.560. The molecule has 0 atom stereocenters. The third-order valence-corrected chi connectivity index (χ3v) is 4.29. The van der Waals surface area contributed by atoms with E-state index >= 15 is 0 Å². The maximum Gasteiger partial charge on any atom is 0.261 e. The predicted octanol–water partition coefficient (Wildman–Crippen LogP) is 2.86. The number of carbonyl (C=O) groups excluding carboxylic acids is 2. The molecule has 0 unspecified atom stereocenters. The maximum atomic E-state index is 12.2. The summed E-state index contributed by atoms with van der Waals surface area (Å²) in [6.45, 7) is 0.422. The number of H-pyrrole nitrogens is 1. The van der Waals surface area contributed by atoms with Crippen LogP contribution in [0, 0.1) is 0 Å². The van der Waals surface area contributed by atoms with Crippen molar-refractivity contribution in [3.05, 3.63) is 93.2 Å². The van der Waals surface area contributed by atoms with Crippen LogP contribution in [0.1, 0.15) is 20.7 Å². The molecule has 1 heterocycles. The molecular weight excluding hydrogens is 378 g/mol. The van der Waals surface area contributed by atoms with Crippen LogP contribution in [-0.2, 0) is 0 Å². The van der Waals surface area contributed by atoms with Crippen molar-refractivity contribution in [2.45, 2.75) is 0 Å². The average Bonchev–Trinajstić information content (AvgIpc) is 2.72. The van der Waals surface area contributed by atoms with E-state index in [-0.39, 0.29) is 24.6 Å². The molecule has 3 rings (SSSR count). The summed E-state index contributed by atoms with van der Waals surface area (Å²) in [6, 6.07) is 19.0. The van der Waals surface area contributed by atoms with Crippen molar-refractivity contribution in [3.8, 4) is 11.3 Å². The van der Waals surface area contributed by atoms with E-state index in [1.54, 1.807) is 30.3 Å². The average molecular weight is 396 g/mol. The van der Waals surface area contributed by atoms with Crippen molar-refractivity contribution in [1.29, 1.82) is 0 Å². The molecule has 0 fully saturated rings. The number of benzene rings is 2. The first-order valence-electron chi connectivity index (χ1n) is 8.65. The van der Waals surface area contributed by atoms with Gasteiger partial charge in [0.15, 0.2) is 0 Å². The summed E-state index contributed by atoms with van der Waals surface area (Å²) in [7, 11) is 0. The second-order valence-electron chi connectivity index (χ2n) is 6.00. The van der Waals surface area contributed by atoms with Gasteiger partial charge >= 0.3 is 0 Å². The third-order valence-electron chi connectivity index (χ3n) is 4.04. The van der Waals surface area contributed by atoms with Gasteiger partial charge < -0.3 is 15.6 Å². The zero-order valence-electron chi connectivity index (χ0n) is 14.9. The van der Waals surface area contributed by atoms with Gasteiger partial charge in [-0.3, -0.25) is 14.4 Å². The lowest BCUT2D eigenvalue weighted by atomic mass is 10.1. The van der Waals surface area contributed by atoms with Gasteiger partial charge in [-0.25, -0.2) is 0 Å². The molecule has 3 N–H and O–H groups in total. The lowest BCUT2D eigenvalue weighted by molar-refractivity contribution is 0.0927. The molecule has 0 saturated heterocycles. The van der Waals surface area contributed by atoms with E-state index in [4.69, 9.17) is 11.6 Å². The van der Waals surface area contributed by atoms with E-state index in [0.29, 0.717) is 16.3 Å². The van der Waals surface area contributed by atoms with Crippen molar-refractivity contribution in [1.82, 2.24) is 15.6 Å². The minimum absolute atomic E-state index is 0.0173. The Hall–Kier alpha value is -3.38. The molecule has 3 aromatic rings. The molecule has 28 heavy (non-hydrogen) atoms. The molecular formula is C21H18ClN3O3. The van der Waals surface area contributed by atoms with Gasteiger partial charge in [-0.2, -0.15) is 0 Å².